The van der Waals surface area contributed by atoms with E-state index in [9.17, 15) is 9.59 Å². The summed E-state index contributed by atoms with van der Waals surface area (Å²) in [5.41, 5.74) is 6.59. The summed E-state index contributed by atoms with van der Waals surface area (Å²) in [4.78, 5) is 26.8. The molecule has 1 saturated heterocycles. The maximum atomic E-state index is 12.5. The van der Waals surface area contributed by atoms with Crippen molar-refractivity contribution >= 4 is 23.6 Å². The monoisotopic (exact) mass is 290 g/mol. The molecule has 4 nitrogen and oxygen atoms in total. The van der Waals surface area contributed by atoms with Crippen LogP contribution >= 0.6 is 11.8 Å². The molecule has 2 aliphatic rings. The van der Waals surface area contributed by atoms with E-state index in [0.29, 0.717) is 25.9 Å². The molecule has 0 aliphatic carbocycles. The number of hydrogen-bond acceptors (Lipinski definition) is 3. The van der Waals surface area contributed by atoms with Crippen LogP contribution in [-0.4, -0.2) is 35.1 Å². The van der Waals surface area contributed by atoms with Crippen molar-refractivity contribution in [3.8, 4) is 0 Å². The summed E-state index contributed by atoms with van der Waals surface area (Å²) in [5, 5.41) is -0.00229. The Kier molecular flexibility index (Phi) is 3.70. The minimum atomic E-state index is -0.236. The number of benzene rings is 1. The minimum absolute atomic E-state index is 0.00229. The van der Waals surface area contributed by atoms with Crippen molar-refractivity contribution in [2.75, 3.05) is 13.1 Å². The molecule has 5 heteroatoms. The van der Waals surface area contributed by atoms with Gasteiger partial charge in [-0.25, -0.2) is 0 Å². The number of rotatable bonds is 2. The van der Waals surface area contributed by atoms with Gasteiger partial charge in [-0.3, -0.25) is 9.59 Å². The van der Waals surface area contributed by atoms with Crippen LogP contribution in [0, 0.1) is 5.92 Å². The Morgan fingerprint density at radius 1 is 1.20 bits per heavy atom. The van der Waals surface area contributed by atoms with Gasteiger partial charge in [0.25, 0.3) is 0 Å². The second kappa shape index (κ2) is 5.48. The van der Waals surface area contributed by atoms with Crippen molar-refractivity contribution in [3.63, 3.8) is 0 Å². The van der Waals surface area contributed by atoms with Crippen molar-refractivity contribution < 1.29 is 9.59 Å². The number of carbonyl (C=O) groups excluding carboxylic acids is 2. The second-order valence-electron chi connectivity index (χ2n) is 5.42. The number of nitrogens with two attached hydrogens (primary N) is 1. The van der Waals surface area contributed by atoms with Gasteiger partial charge >= 0.3 is 0 Å². The highest BCUT2D eigenvalue weighted by Gasteiger charge is 2.33. The number of nitrogens with zero attached hydrogens (tertiary/aromatic N) is 1. The molecule has 1 fully saturated rings. The lowest BCUT2D eigenvalue weighted by molar-refractivity contribution is -0.134. The van der Waals surface area contributed by atoms with Crippen LogP contribution < -0.4 is 5.73 Å². The highest BCUT2D eigenvalue weighted by atomic mass is 32.2. The predicted octanol–water partition coefficient (Wildman–Crippen LogP) is 1.43. The average molecular weight is 290 g/mol. The van der Waals surface area contributed by atoms with Gasteiger partial charge in [-0.1, -0.05) is 18.2 Å². The highest BCUT2D eigenvalue weighted by molar-refractivity contribution is 8.01. The van der Waals surface area contributed by atoms with Gasteiger partial charge in [0.05, 0.1) is 5.25 Å². The third-order valence-corrected chi connectivity index (χ3v) is 5.44. The summed E-state index contributed by atoms with van der Waals surface area (Å²) >= 11 is 1.66. The molecule has 0 spiro atoms. The van der Waals surface area contributed by atoms with Gasteiger partial charge in [-0.15, -0.1) is 11.8 Å². The standard InChI is InChI=1S/C15H18N2O2S/c16-14(18)10-5-7-17(8-6-10)15(19)13-9-11-3-1-2-4-12(11)20-13/h1-4,10,13H,5-9H2,(H2,16,18). The molecular formula is C15H18N2O2S. The van der Waals surface area contributed by atoms with E-state index in [4.69, 9.17) is 5.73 Å². The number of fused-ring (bicyclic) bond motifs is 1. The SMILES string of the molecule is NC(=O)C1CCN(C(=O)C2Cc3ccccc3S2)CC1. The van der Waals surface area contributed by atoms with Gasteiger partial charge in [-0.2, -0.15) is 0 Å². The van der Waals surface area contributed by atoms with Gasteiger partial charge in [0, 0.05) is 23.9 Å². The van der Waals surface area contributed by atoms with Crippen LogP contribution in [0.1, 0.15) is 18.4 Å². The van der Waals surface area contributed by atoms with E-state index in [1.807, 2.05) is 17.0 Å². The molecule has 0 radical (unpaired) electrons. The van der Waals surface area contributed by atoms with Crippen LogP contribution in [0.2, 0.25) is 0 Å². The van der Waals surface area contributed by atoms with E-state index < -0.39 is 0 Å². The molecule has 2 N–H and O–H groups in total. The van der Waals surface area contributed by atoms with E-state index in [-0.39, 0.29) is 23.0 Å². The minimum Gasteiger partial charge on any atom is -0.369 e. The number of piperidine rings is 1. The summed E-state index contributed by atoms with van der Waals surface area (Å²) in [6.45, 7) is 1.31. The highest BCUT2D eigenvalue weighted by Crippen LogP contribution is 2.38. The van der Waals surface area contributed by atoms with E-state index in [1.165, 1.54) is 10.5 Å². The molecular weight excluding hydrogens is 272 g/mol. The molecule has 2 aliphatic heterocycles. The normalized spacial score (nSPS) is 22.6. The van der Waals surface area contributed by atoms with Crippen LogP contribution in [0.25, 0.3) is 0 Å². The van der Waals surface area contributed by atoms with Gasteiger partial charge in [0.15, 0.2) is 0 Å². The van der Waals surface area contributed by atoms with Crippen molar-refractivity contribution in [2.45, 2.75) is 29.4 Å². The Morgan fingerprint density at radius 3 is 2.55 bits per heavy atom. The number of hydrogen-bond donors (Lipinski definition) is 1. The summed E-state index contributed by atoms with van der Waals surface area (Å²) in [5.74, 6) is -0.0960. The van der Waals surface area contributed by atoms with Crippen LogP contribution in [0.3, 0.4) is 0 Å². The Balaban J connectivity index is 1.60. The van der Waals surface area contributed by atoms with Gasteiger partial charge in [-0.05, 0) is 30.9 Å². The molecule has 1 unspecified atom stereocenters. The van der Waals surface area contributed by atoms with E-state index in [0.717, 1.165) is 6.42 Å². The topological polar surface area (TPSA) is 63.4 Å². The lowest BCUT2D eigenvalue weighted by atomic mass is 9.96. The van der Waals surface area contributed by atoms with Gasteiger partial charge in [0.1, 0.15) is 0 Å². The lowest BCUT2D eigenvalue weighted by Crippen LogP contribution is -2.45. The molecule has 20 heavy (non-hydrogen) atoms. The second-order valence-corrected chi connectivity index (χ2v) is 6.66. The molecule has 3 rings (SSSR count). The maximum absolute atomic E-state index is 12.5. The molecule has 1 aromatic carbocycles. The van der Waals surface area contributed by atoms with Crippen molar-refractivity contribution in [1.82, 2.24) is 4.90 Å². The van der Waals surface area contributed by atoms with Gasteiger partial charge in [0.2, 0.25) is 11.8 Å². The number of likely N-dealkylation sites (tertiary alicyclic amines) is 1. The maximum Gasteiger partial charge on any atom is 0.236 e. The van der Waals surface area contributed by atoms with Crippen molar-refractivity contribution in [3.05, 3.63) is 29.8 Å². The quantitative estimate of drug-likeness (QED) is 0.896. The summed E-state index contributed by atoms with van der Waals surface area (Å²) in [7, 11) is 0. The third-order valence-electron chi connectivity index (χ3n) is 4.13. The van der Waals surface area contributed by atoms with Crippen LogP contribution in [0.5, 0.6) is 0 Å². The van der Waals surface area contributed by atoms with E-state index in [2.05, 4.69) is 12.1 Å². The average Bonchev–Trinajstić information content (AvgIpc) is 2.90. The Bertz CT molecular complexity index is 513. The largest absolute Gasteiger partial charge is 0.369 e. The first-order valence-electron chi connectivity index (χ1n) is 6.98. The predicted molar refractivity (Wildman–Crippen MR) is 78.3 cm³/mol. The molecule has 0 saturated carbocycles. The zero-order valence-corrected chi connectivity index (χ0v) is 12.1. The third kappa shape index (κ3) is 2.54. The van der Waals surface area contributed by atoms with Crippen molar-refractivity contribution in [1.29, 1.82) is 0 Å². The fourth-order valence-electron chi connectivity index (χ4n) is 2.91. The Hall–Kier alpha value is -1.49. The summed E-state index contributed by atoms with van der Waals surface area (Å²) in [6, 6.07) is 8.20. The first-order valence-corrected chi connectivity index (χ1v) is 7.86. The smallest absolute Gasteiger partial charge is 0.236 e. The molecule has 0 aromatic heterocycles. The van der Waals surface area contributed by atoms with Crippen LogP contribution in [0.4, 0.5) is 0 Å². The zero-order valence-electron chi connectivity index (χ0n) is 11.2. The van der Waals surface area contributed by atoms with Gasteiger partial charge < -0.3 is 10.6 Å². The molecule has 0 bridgehead atoms. The Labute approximate surface area is 122 Å². The van der Waals surface area contributed by atoms with Crippen molar-refractivity contribution in [2.24, 2.45) is 11.7 Å². The number of thioether (sulfide) groups is 1. The van der Waals surface area contributed by atoms with Crippen LogP contribution in [0.15, 0.2) is 29.2 Å². The molecule has 2 amide bonds. The van der Waals surface area contributed by atoms with Crippen LogP contribution in [-0.2, 0) is 16.0 Å². The molecule has 106 valence electrons. The lowest BCUT2D eigenvalue weighted by Gasteiger charge is -2.32. The fourth-order valence-corrected chi connectivity index (χ4v) is 4.19. The summed E-state index contributed by atoms with van der Waals surface area (Å²) < 4.78 is 0. The van der Waals surface area contributed by atoms with E-state index in [1.54, 1.807) is 11.8 Å². The van der Waals surface area contributed by atoms with E-state index >= 15 is 0 Å². The first kappa shape index (κ1) is 13.5. The molecule has 1 aromatic rings. The number of amides is 2. The molecule has 1 atom stereocenters. The summed E-state index contributed by atoms with van der Waals surface area (Å²) in [6.07, 6.45) is 2.21. The zero-order chi connectivity index (χ0) is 14.1. The fraction of sp³-hybridized carbons (Fsp3) is 0.467. The Morgan fingerprint density at radius 2 is 1.90 bits per heavy atom. The number of primary amides is 1. The first-order chi connectivity index (χ1) is 9.65. The number of carbonyl (C=O) groups is 2. The molecule has 2 heterocycles.